The number of hydrogen-bond donors (Lipinski definition) is 2. The van der Waals surface area contributed by atoms with Gasteiger partial charge < -0.3 is 10.4 Å². The first-order valence-electron chi connectivity index (χ1n) is 6.98. The van der Waals surface area contributed by atoms with Gasteiger partial charge in [-0.05, 0) is 37.6 Å². The number of rotatable bonds is 6. The molecule has 0 atom stereocenters. The summed E-state index contributed by atoms with van der Waals surface area (Å²) in [5.74, 6) is -1.04. The van der Waals surface area contributed by atoms with Crippen molar-refractivity contribution < 1.29 is 14.7 Å². The number of carboxylic acid groups (broad SMARTS) is 1. The molecule has 0 saturated carbocycles. The van der Waals surface area contributed by atoms with Crippen LogP contribution in [-0.4, -0.2) is 35.8 Å². The summed E-state index contributed by atoms with van der Waals surface area (Å²) in [5, 5.41) is 17.6. The molecule has 1 amide bonds. The van der Waals surface area contributed by atoms with Crippen molar-refractivity contribution in [3.05, 3.63) is 29.8 Å². The average Bonchev–Trinajstić information content (AvgIpc) is 2.90. The fourth-order valence-corrected chi connectivity index (χ4v) is 2.09. The van der Waals surface area contributed by atoms with Gasteiger partial charge in [-0.1, -0.05) is 0 Å². The van der Waals surface area contributed by atoms with Gasteiger partial charge in [0.15, 0.2) is 0 Å². The third kappa shape index (κ3) is 4.30. The summed E-state index contributed by atoms with van der Waals surface area (Å²) in [6.07, 6.45) is 1.46. The van der Waals surface area contributed by atoms with Gasteiger partial charge in [0.1, 0.15) is 0 Å². The van der Waals surface area contributed by atoms with Gasteiger partial charge in [-0.15, -0.1) is 0 Å². The van der Waals surface area contributed by atoms with Crippen LogP contribution in [0.1, 0.15) is 36.5 Å². The topological polar surface area (TPSA) is 82.0 Å². The monoisotopic (exact) mass is 289 g/mol. The Morgan fingerprint density at radius 3 is 2.62 bits per heavy atom. The highest BCUT2D eigenvalue weighted by Gasteiger charge is 2.13. The number of carboxylic acids is 1. The van der Waals surface area contributed by atoms with Crippen LogP contribution >= 0.6 is 0 Å². The molecule has 0 saturated heterocycles. The highest BCUT2D eigenvalue weighted by Crippen LogP contribution is 2.19. The first-order valence-corrected chi connectivity index (χ1v) is 6.98. The third-order valence-electron chi connectivity index (χ3n) is 3.26. The van der Waals surface area contributed by atoms with E-state index in [1.807, 2.05) is 24.1 Å². The predicted molar refractivity (Wildman–Crippen MR) is 80.7 cm³/mol. The maximum atomic E-state index is 11.9. The molecule has 2 N–H and O–H groups in total. The zero-order valence-corrected chi connectivity index (χ0v) is 12.0. The van der Waals surface area contributed by atoms with Crippen molar-refractivity contribution in [1.82, 2.24) is 5.32 Å². The maximum absolute atomic E-state index is 11.9. The summed E-state index contributed by atoms with van der Waals surface area (Å²) in [6, 6.07) is 7.25. The number of nitrogens with zero attached hydrogens (tertiary/aromatic N) is 2. The minimum absolute atomic E-state index is 0.0610. The quantitative estimate of drug-likeness (QED) is 0.783. The molecule has 112 valence electrons. The molecule has 2 rings (SSSR count). The van der Waals surface area contributed by atoms with Crippen molar-refractivity contribution in [3.63, 3.8) is 0 Å². The van der Waals surface area contributed by atoms with E-state index in [4.69, 9.17) is 5.11 Å². The summed E-state index contributed by atoms with van der Waals surface area (Å²) < 4.78 is 0. The standard InChI is InChI=1S/C15H19N3O3/c1-11-8-10-18(17-11)13-6-4-12(5-7-13)15(21)16-9-2-3-14(19)20/h4-7H,2-3,8-10H2,1H3,(H,16,21)(H,19,20). The van der Waals surface area contributed by atoms with Crippen LogP contribution in [0.15, 0.2) is 29.4 Å². The molecule has 0 unspecified atom stereocenters. The SMILES string of the molecule is CC1=NN(c2ccc(C(=O)NCCCC(=O)O)cc2)CC1. The molecule has 1 aromatic rings. The minimum atomic E-state index is -0.852. The molecule has 1 aliphatic heterocycles. The molecular formula is C15H19N3O3. The number of carbonyl (C=O) groups excluding carboxylic acids is 1. The van der Waals surface area contributed by atoms with Crippen LogP contribution in [-0.2, 0) is 4.79 Å². The summed E-state index contributed by atoms with van der Waals surface area (Å²) in [6.45, 7) is 3.23. The van der Waals surface area contributed by atoms with E-state index < -0.39 is 5.97 Å². The molecule has 0 radical (unpaired) electrons. The maximum Gasteiger partial charge on any atom is 0.303 e. The molecule has 1 aromatic carbocycles. The Balaban J connectivity index is 1.86. The Morgan fingerprint density at radius 2 is 2.05 bits per heavy atom. The van der Waals surface area contributed by atoms with E-state index in [1.54, 1.807) is 12.1 Å². The number of amides is 1. The van der Waals surface area contributed by atoms with Crippen molar-refractivity contribution in [3.8, 4) is 0 Å². The molecule has 1 aliphatic rings. The molecule has 6 nitrogen and oxygen atoms in total. The molecule has 1 heterocycles. The smallest absolute Gasteiger partial charge is 0.303 e. The van der Waals surface area contributed by atoms with Crippen molar-refractivity contribution in [2.45, 2.75) is 26.2 Å². The molecule has 6 heteroatoms. The van der Waals surface area contributed by atoms with Gasteiger partial charge in [-0.25, -0.2) is 0 Å². The lowest BCUT2D eigenvalue weighted by Gasteiger charge is -2.13. The normalized spacial score (nSPS) is 14.0. The second-order valence-corrected chi connectivity index (χ2v) is 5.01. The van der Waals surface area contributed by atoms with Gasteiger partial charge in [-0.2, -0.15) is 5.10 Å². The molecule has 0 aliphatic carbocycles. The number of anilines is 1. The van der Waals surface area contributed by atoms with Crippen LogP contribution in [0.3, 0.4) is 0 Å². The Bertz CT molecular complexity index is 552. The van der Waals surface area contributed by atoms with E-state index in [2.05, 4.69) is 10.4 Å². The van der Waals surface area contributed by atoms with Crippen LogP contribution in [0.2, 0.25) is 0 Å². The van der Waals surface area contributed by atoms with Crippen LogP contribution in [0.5, 0.6) is 0 Å². The van der Waals surface area contributed by atoms with Crippen LogP contribution < -0.4 is 10.3 Å². The van der Waals surface area contributed by atoms with Crippen LogP contribution in [0.25, 0.3) is 0 Å². The van der Waals surface area contributed by atoms with E-state index >= 15 is 0 Å². The summed E-state index contributed by atoms with van der Waals surface area (Å²) in [5.41, 5.74) is 2.64. The minimum Gasteiger partial charge on any atom is -0.481 e. The molecule has 0 aromatic heterocycles. The number of benzene rings is 1. The van der Waals surface area contributed by atoms with E-state index in [0.717, 1.165) is 24.4 Å². The van der Waals surface area contributed by atoms with E-state index in [1.165, 1.54) is 0 Å². The summed E-state index contributed by atoms with van der Waals surface area (Å²) in [4.78, 5) is 22.2. The second kappa shape index (κ2) is 6.88. The number of nitrogens with one attached hydrogen (secondary N) is 1. The van der Waals surface area contributed by atoms with Gasteiger partial charge in [0.25, 0.3) is 5.91 Å². The predicted octanol–water partition coefficient (Wildman–Crippen LogP) is 1.87. The van der Waals surface area contributed by atoms with Gasteiger partial charge in [0.05, 0.1) is 5.69 Å². The first-order chi connectivity index (χ1) is 10.1. The summed E-state index contributed by atoms with van der Waals surface area (Å²) in [7, 11) is 0. The van der Waals surface area contributed by atoms with Crippen LogP contribution in [0, 0.1) is 0 Å². The molecule has 0 fully saturated rings. The number of aliphatic carboxylic acids is 1. The molecule has 21 heavy (non-hydrogen) atoms. The first kappa shape index (κ1) is 15.0. The summed E-state index contributed by atoms with van der Waals surface area (Å²) >= 11 is 0. The highest BCUT2D eigenvalue weighted by molar-refractivity contribution is 5.94. The molecule has 0 bridgehead atoms. The van der Waals surface area contributed by atoms with E-state index in [9.17, 15) is 9.59 Å². The zero-order chi connectivity index (χ0) is 15.2. The molecular weight excluding hydrogens is 270 g/mol. The fourth-order valence-electron chi connectivity index (χ4n) is 2.09. The lowest BCUT2D eigenvalue weighted by molar-refractivity contribution is -0.137. The van der Waals surface area contributed by atoms with E-state index in [0.29, 0.717) is 18.5 Å². The van der Waals surface area contributed by atoms with Crippen molar-refractivity contribution >= 4 is 23.3 Å². The zero-order valence-electron chi connectivity index (χ0n) is 12.0. The van der Waals surface area contributed by atoms with Gasteiger partial charge >= 0.3 is 5.97 Å². The Labute approximate surface area is 123 Å². The van der Waals surface area contributed by atoms with Gasteiger partial charge in [-0.3, -0.25) is 14.6 Å². The van der Waals surface area contributed by atoms with Crippen molar-refractivity contribution in [2.75, 3.05) is 18.1 Å². The van der Waals surface area contributed by atoms with E-state index in [-0.39, 0.29) is 12.3 Å². The van der Waals surface area contributed by atoms with Gasteiger partial charge in [0.2, 0.25) is 0 Å². The Morgan fingerprint density at radius 1 is 1.33 bits per heavy atom. The lowest BCUT2D eigenvalue weighted by atomic mass is 10.2. The average molecular weight is 289 g/mol. The fraction of sp³-hybridized carbons (Fsp3) is 0.400. The Hall–Kier alpha value is -2.37. The third-order valence-corrected chi connectivity index (χ3v) is 3.26. The molecule has 0 spiro atoms. The number of hydrazone groups is 1. The van der Waals surface area contributed by atoms with Crippen molar-refractivity contribution in [2.24, 2.45) is 5.10 Å². The number of hydrogen-bond acceptors (Lipinski definition) is 4. The number of carbonyl (C=O) groups is 2. The second-order valence-electron chi connectivity index (χ2n) is 5.01. The van der Waals surface area contributed by atoms with Gasteiger partial charge in [0, 0.05) is 37.2 Å². The highest BCUT2D eigenvalue weighted by atomic mass is 16.4. The van der Waals surface area contributed by atoms with Crippen LogP contribution in [0.4, 0.5) is 5.69 Å². The van der Waals surface area contributed by atoms with Crippen molar-refractivity contribution in [1.29, 1.82) is 0 Å². The lowest BCUT2D eigenvalue weighted by Crippen LogP contribution is -2.25. The largest absolute Gasteiger partial charge is 0.481 e. The Kier molecular flexibility index (Phi) is 4.92.